The molecule has 1 aromatic rings. The Morgan fingerprint density at radius 3 is 2.42 bits per heavy atom. The van der Waals surface area contributed by atoms with Crippen LogP contribution in [-0.2, 0) is 0 Å². The third-order valence-corrected chi connectivity index (χ3v) is 3.09. The van der Waals surface area contributed by atoms with Crippen molar-refractivity contribution in [2.75, 3.05) is 18.6 Å². The summed E-state index contributed by atoms with van der Waals surface area (Å²) in [4.78, 5) is 10.5. The summed E-state index contributed by atoms with van der Waals surface area (Å²) in [6.45, 7) is 12.1. The van der Waals surface area contributed by atoms with Gasteiger partial charge in [0, 0.05) is 18.6 Å². The second-order valence-corrected chi connectivity index (χ2v) is 5.07. The van der Waals surface area contributed by atoms with Crippen molar-refractivity contribution in [3.63, 3.8) is 0 Å². The number of hydrazine groups is 1. The van der Waals surface area contributed by atoms with E-state index in [2.05, 4.69) is 48.0 Å². The van der Waals surface area contributed by atoms with Gasteiger partial charge >= 0.3 is 0 Å². The molecule has 0 fully saturated rings. The van der Waals surface area contributed by atoms with Crippen LogP contribution in [0.4, 0.5) is 5.82 Å². The maximum absolute atomic E-state index is 5.72. The Kier molecular flexibility index (Phi) is 5.98. The molecule has 0 saturated heterocycles. The molecular formula is C13H25N5O. The Hall–Kier alpha value is -1.40. The second kappa shape index (κ2) is 7.25. The maximum atomic E-state index is 5.72. The van der Waals surface area contributed by atoms with Crippen LogP contribution in [0, 0.1) is 6.92 Å². The Morgan fingerprint density at radius 1 is 1.26 bits per heavy atom. The summed E-state index contributed by atoms with van der Waals surface area (Å²) in [6, 6.07) is 0.993. The molecule has 0 aromatic carbocycles. The zero-order chi connectivity index (χ0) is 14.4. The number of nitrogens with two attached hydrogens (primary N) is 1. The van der Waals surface area contributed by atoms with Crippen molar-refractivity contribution in [2.24, 2.45) is 5.84 Å². The number of rotatable bonds is 7. The first-order valence-electron chi connectivity index (χ1n) is 6.64. The molecule has 6 nitrogen and oxygen atoms in total. The van der Waals surface area contributed by atoms with Crippen LogP contribution in [0.25, 0.3) is 0 Å². The topological polar surface area (TPSA) is 76.3 Å². The molecule has 0 spiro atoms. The molecule has 0 aliphatic heterocycles. The summed E-state index contributed by atoms with van der Waals surface area (Å²) in [5.74, 6) is 6.54. The number of hydrogen-bond acceptors (Lipinski definition) is 6. The molecule has 6 heteroatoms. The highest BCUT2D eigenvalue weighted by Gasteiger charge is 2.14. The third kappa shape index (κ3) is 4.33. The zero-order valence-corrected chi connectivity index (χ0v) is 12.5. The third-order valence-electron chi connectivity index (χ3n) is 3.09. The molecular weight excluding hydrogens is 242 g/mol. The number of aromatic nitrogens is 2. The molecule has 0 saturated carbocycles. The van der Waals surface area contributed by atoms with Gasteiger partial charge in [-0.05, 0) is 34.6 Å². The summed E-state index contributed by atoms with van der Waals surface area (Å²) < 4.78 is 5.72. The van der Waals surface area contributed by atoms with Crippen LogP contribution in [0.1, 0.15) is 33.3 Å². The van der Waals surface area contributed by atoms with Gasteiger partial charge in [0.15, 0.2) is 0 Å². The zero-order valence-electron chi connectivity index (χ0n) is 12.5. The molecule has 0 amide bonds. The van der Waals surface area contributed by atoms with E-state index in [-0.39, 0.29) is 0 Å². The number of nitrogens with zero attached hydrogens (tertiary/aromatic N) is 3. The van der Waals surface area contributed by atoms with Crippen LogP contribution >= 0.6 is 0 Å². The average molecular weight is 267 g/mol. The van der Waals surface area contributed by atoms with Crippen LogP contribution in [-0.4, -0.2) is 40.1 Å². The van der Waals surface area contributed by atoms with E-state index < -0.39 is 0 Å². The van der Waals surface area contributed by atoms with E-state index in [1.54, 1.807) is 0 Å². The van der Waals surface area contributed by atoms with E-state index in [0.717, 1.165) is 12.1 Å². The minimum atomic E-state index is 0.497. The molecule has 1 aromatic heterocycles. The van der Waals surface area contributed by atoms with Gasteiger partial charge in [0.05, 0.1) is 5.56 Å². The lowest BCUT2D eigenvalue weighted by atomic mass is 10.2. The summed E-state index contributed by atoms with van der Waals surface area (Å²) in [6.07, 6.45) is 1.44. The SMILES string of the molecule is Cc1c(NN)ncnc1OCCN(C(C)C)C(C)C. The van der Waals surface area contributed by atoms with Crippen LogP contribution in [0.2, 0.25) is 0 Å². The van der Waals surface area contributed by atoms with Gasteiger partial charge < -0.3 is 10.2 Å². The summed E-state index contributed by atoms with van der Waals surface area (Å²) in [5.41, 5.74) is 3.35. The first-order valence-corrected chi connectivity index (χ1v) is 6.64. The number of ether oxygens (including phenoxy) is 1. The lowest BCUT2D eigenvalue weighted by Gasteiger charge is -2.30. The molecule has 108 valence electrons. The molecule has 0 radical (unpaired) electrons. The largest absolute Gasteiger partial charge is 0.476 e. The van der Waals surface area contributed by atoms with Gasteiger partial charge in [-0.15, -0.1) is 0 Å². The van der Waals surface area contributed by atoms with Gasteiger partial charge in [0.1, 0.15) is 18.8 Å². The van der Waals surface area contributed by atoms with Gasteiger partial charge in [0.2, 0.25) is 5.88 Å². The predicted molar refractivity (Wildman–Crippen MR) is 77.1 cm³/mol. The van der Waals surface area contributed by atoms with Gasteiger partial charge in [-0.3, -0.25) is 4.90 Å². The van der Waals surface area contributed by atoms with Gasteiger partial charge in [-0.1, -0.05) is 0 Å². The fourth-order valence-electron chi connectivity index (χ4n) is 2.09. The van der Waals surface area contributed by atoms with E-state index in [9.17, 15) is 0 Å². The molecule has 0 bridgehead atoms. The lowest BCUT2D eigenvalue weighted by Crippen LogP contribution is -2.39. The second-order valence-electron chi connectivity index (χ2n) is 5.07. The summed E-state index contributed by atoms with van der Waals surface area (Å²) >= 11 is 0. The molecule has 0 atom stereocenters. The van der Waals surface area contributed by atoms with Crippen molar-refractivity contribution in [1.29, 1.82) is 0 Å². The Labute approximate surface area is 115 Å². The number of nitrogens with one attached hydrogen (secondary N) is 1. The quantitative estimate of drug-likeness (QED) is 0.577. The average Bonchev–Trinajstić information content (AvgIpc) is 2.35. The molecule has 0 aliphatic rings. The van der Waals surface area contributed by atoms with Crippen LogP contribution in [0.5, 0.6) is 5.88 Å². The normalized spacial score (nSPS) is 11.4. The molecule has 3 N–H and O–H groups in total. The minimum absolute atomic E-state index is 0.497. The van der Waals surface area contributed by atoms with E-state index in [1.807, 2.05) is 6.92 Å². The summed E-state index contributed by atoms with van der Waals surface area (Å²) in [7, 11) is 0. The van der Waals surface area contributed by atoms with Crippen molar-refractivity contribution >= 4 is 5.82 Å². The molecule has 19 heavy (non-hydrogen) atoms. The predicted octanol–water partition coefficient (Wildman–Crippen LogP) is 1.57. The van der Waals surface area contributed by atoms with Gasteiger partial charge in [-0.25, -0.2) is 15.8 Å². The van der Waals surface area contributed by atoms with E-state index in [0.29, 0.717) is 30.4 Å². The monoisotopic (exact) mass is 267 g/mol. The van der Waals surface area contributed by atoms with Crippen molar-refractivity contribution in [1.82, 2.24) is 14.9 Å². The summed E-state index contributed by atoms with van der Waals surface area (Å²) in [5, 5.41) is 0. The van der Waals surface area contributed by atoms with E-state index in [1.165, 1.54) is 6.33 Å². The molecule has 1 heterocycles. The standard InChI is InChI=1S/C13H25N5O/c1-9(2)18(10(3)4)6-7-19-13-11(5)12(17-14)15-8-16-13/h8-10H,6-7,14H2,1-5H3,(H,15,16,17). The van der Waals surface area contributed by atoms with Crippen molar-refractivity contribution in [2.45, 2.75) is 46.7 Å². The highest BCUT2D eigenvalue weighted by Crippen LogP contribution is 2.19. The number of anilines is 1. The first-order chi connectivity index (χ1) is 8.97. The Balaban J connectivity index is 2.58. The van der Waals surface area contributed by atoms with E-state index >= 15 is 0 Å². The van der Waals surface area contributed by atoms with Crippen LogP contribution in [0.15, 0.2) is 6.33 Å². The van der Waals surface area contributed by atoms with Crippen molar-refractivity contribution < 1.29 is 4.74 Å². The Bertz CT molecular complexity index is 387. The number of hydrogen-bond donors (Lipinski definition) is 2. The maximum Gasteiger partial charge on any atom is 0.221 e. The van der Waals surface area contributed by atoms with Crippen LogP contribution < -0.4 is 16.0 Å². The van der Waals surface area contributed by atoms with Crippen LogP contribution in [0.3, 0.4) is 0 Å². The lowest BCUT2D eigenvalue weighted by molar-refractivity contribution is 0.140. The van der Waals surface area contributed by atoms with E-state index in [4.69, 9.17) is 10.6 Å². The number of nitrogen functional groups attached to an aromatic ring is 1. The minimum Gasteiger partial charge on any atom is -0.476 e. The Morgan fingerprint density at radius 2 is 1.89 bits per heavy atom. The molecule has 0 aliphatic carbocycles. The molecule has 1 rings (SSSR count). The fraction of sp³-hybridized carbons (Fsp3) is 0.692. The highest BCUT2D eigenvalue weighted by molar-refractivity contribution is 5.46. The van der Waals surface area contributed by atoms with Gasteiger partial charge in [0.25, 0.3) is 0 Å². The van der Waals surface area contributed by atoms with Crippen molar-refractivity contribution in [3.05, 3.63) is 11.9 Å². The first kappa shape index (κ1) is 15.7. The molecule has 0 unspecified atom stereocenters. The van der Waals surface area contributed by atoms with Gasteiger partial charge in [-0.2, -0.15) is 0 Å². The smallest absolute Gasteiger partial charge is 0.221 e. The fourth-order valence-corrected chi connectivity index (χ4v) is 2.09. The van der Waals surface area contributed by atoms with Crippen molar-refractivity contribution in [3.8, 4) is 5.88 Å². The highest BCUT2D eigenvalue weighted by atomic mass is 16.5.